The lowest BCUT2D eigenvalue weighted by Crippen LogP contribution is -2.32. The number of rotatable bonds is 1. The second-order valence-electron chi connectivity index (χ2n) is 5.01. The first kappa shape index (κ1) is 12.1. The molecule has 2 heterocycles. The number of aromatic amines is 1. The fourth-order valence-electron chi connectivity index (χ4n) is 2.48. The summed E-state index contributed by atoms with van der Waals surface area (Å²) in [7, 11) is 0. The van der Waals surface area contributed by atoms with E-state index in [-0.39, 0.29) is 11.9 Å². The van der Waals surface area contributed by atoms with Gasteiger partial charge in [0.05, 0.1) is 0 Å². The van der Waals surface area contributed by atoms with E-state index in [1.54, 1.807) is 12.1 Å². The quantitative estimate of drug-likeness (QED) is 0.796. The second kappa shape index (κ2) is 4.97. The maximum atomic E-state index is 12.5. The highest BCUT2D eigenvalue weighted by Crippen LogP contribution is 2.16. The molecule has 3 N–H and O–H groups in total. The van der Waals surface area contributed by atoms with E-state index in [9.17, 15) is 4.79 Å². The Kier molecular flexibility index (Phi) is 3.16. The van der Waals surface area contributed by atoms with Crippen molar-refractivity contribution in [2.45, 2.75) is 25.3 Å². The number of fused-ring (bicyclic) bond motifs is 1. The summed E-state index contributed by atoms with van der Waals surface area (Å²) in [5.74, 6) is 0.0546. The Morgan fingerprint density at radius 3 is 3.00 bits per heavy atom. The first-order valence-electron chi connectivity index (χ1n) is 6.59. The third-order valence-corrected chi connectivity index (χ3v) is 3.62. The van der Waals surface area contributed by atoms with E-state index >= 15 is 0 Å². The topological polar surface area (TPSA) is 87.9 Å². The maximum Gasteiger partial charge on any atom is 0.253 e. The van der Waals surface area contributed by atoms with E-state index in [1.807, 2.05) is 11.0 Å². The SMILES string of the molecule is NC1CCCN(C(=O)c2ccc3n[nH]nc3c2)CC1. The lowest BCUT2D eigenvalue weighted by Gasteiger charge is -2.20. The van der Waals surface area contributed by atoms with Crippen LogP contribution in [0.15, 0.2) is 18.2 Å². The van der Waals surface area contributed by atoms with Gasteiger partial charge < -0.3 is 10.6 Å². The van der Waals surface area contributed by atoms with Crippen molar-refractivity contribution < 1.29 is 4.79 Å². The molecule has 0 bridgehead atoms. The van der Waals surface area contributed by atoms with E-state index < -0.39 is 0 Å². The number of benzene rings is 1. The molecule has 1 saturated heterocycles. The third kappa shape index (κ3) is 2.44. The largest absolute Gasteiger partial charge is 0.339 e. The zero-order valence-corrected chi connectivity index (χ0v) is 10.7. The van der Waals surface area contributed by atoms with E-state index in [1.165, 1.54) is 0 Å². The molecular formula is C13H17N5O. The van der Waals surface area contributed by atoms with Crippen LogP contribution in [0.3, 0.4) is 0 Å². The van der Waals surface area contributed by atoms with Crippen LogP contribution < -0.4 is 5.73 Å². The van der Waals surface area contributed by atoms with Gasteiger partial charge in [-0.05, 0) is 37.5 Å². The highest BCUT2D eigenvalue weighted by Gasteiger charge is 2.20. The minimum atomic E-state index is 0.0546. The van der Waals surface area contributed by atoms with Gasteiger partial charge in [-0.25, -0.2) is 0 Å². The van der Waals surface area contributed by atoms with Crippen LogP contribution in [0.1, 0.15) is 29.6 Å². The van der Waals surface area contributed by atoms with Gasteiger partial charge in [-0.15, -0.1) is 0 Å². The van der Waals surface area contributed by atoms with Gasteiger partial charge in [0, 0.05) is 24.7 Å². The normalized spacial score (nSPS) is 20.5. The van der Waals surface area contributed by atoms with Crippen molar-refractivity contribution >= 4 is 16.9 Å². The molecule has 0 saturated carbocycles. The first-order valence-corrected chi connectivity index (χ1v) is 6.59. The molecule has 19 heavy (non-hydrogen) atoms. The monoisotopic (exact) mass is 259 g/mol. The third-order valence-electron chi connectivity index (χ3n) is 3.62. The second-order valence-corrected chi connectivity index (χ2v) is 5.01. The number of nitrogens with zero attached hydrogens (tertiary/aromatic N) is 3. The number of nitrogens with two attached hydrogens (primary N) is 1. The molecule has 1 atom stereocenters. The van der Waals surface area contributed by atoms with Gasteiger partial charge in [-0.3, -0.25) is 4.79 Å². The van der Waals surface area contributed by atoms with Crippen LogP contribution >= 0.6 is 0 Å². The summed E-state index contributed by atoms with van der Waals surface area (Å²) in [4.78, 5) is 14.3. The van der Waals surface area contributed by atoms with Crippen LogP contribution in [0.4, 0.5) is 0 Å². The van der Waals surface area contributed by atoms with Gasteiger partial charge in [-0.2, -0.15) is 15.4 Å². The molecule has 1 aromatic heterocycles. The minimum Gasteiger partial charge on any atom is -0.339 e. The number of nitrogens with one attached hydrogen (secondary N) is 1. The van der Waals surface area contributed by atoms with Crippen molar-refractivity contribution in [1.29, 1.82) is 0 Å². The number of carbonyl (C=O) groups is 1. The Morgan fingerprint density at radius 1 is 1.26 bits per heavy atom. The maximum absolute atomic E-state index is 12.5. The van der Waals surface area contributed by atoms with Crippen LogP contribution in [0.25, 0.3) is 11.0 Å². The zero-order chi connectivity index (χ0) is 13.2. The van der Waals surface area contributed by atoms with Gasteiger partial charge in [0.15, 0.2) is 0 Å². The average Bonchev–Trinajstić information content (AvgIpc) is 2.78. The molecule has 0 spiro atoms. The van der Waals surface area contributed by atoms with Crippen LogP contribution in [0.2, 0.25) is 0 Å². The van der Waals surface area contributed by atoms with Crippen molar-refractivity contribution in [2.24, 2.45) is 5.73 Å². The fraction of sp³-hybridized carbons (Fsp3) is 0.462. The summed E-state index contributed by atoms with van der Waals surface area (Å²) < 4.78 is 0. The van der Waals surface area contributed by atoms with E-state index in [0.717, 1.165) is 43.4 Å². The van der Waals surface area contributed by atoms with Gasteiger partial charge in [0.1, 0.15) is 11.0 Å². The molecule has 3 rings (SSSR count). The Hall–Kier alpha value is -1.95. The molecule has 6 nitrogen and oxygen atoms in total. The van der Waals surface area contributed by atoms with Crippen LogP contribution in [-0.2, 0) is 0 Å². The molecule has 0 radical (unpaired) electrons. The molecule has 1 aliphatic heterocycles. The summed E-state index contributed by atoms with van der Waals surface area (Å²) >= 11 is 0. The minimum absolute atomic E-state index is 0.0546. The number of likely N-dealkylation sites (tertiary alicyclic amines) is 1. The lowest BCUT2D eigenvalue weighted by molar-refractivity contribution is 0.0761. The molecule has 1 unspecified atom stereocenters. The molecule has 1 amide bonds. The highest BCUT2D eigenvalue weighted by atomic mass is 16.2. The molecular weight excluding hydrogens is 242 g/mol. The predicted octanol–water partition coefficient (Wildman–Crippen LogP) is 0.911. The van der Waals surface area contributed by atoms with Crippen molar-refractivity contribution in [1.82, 2.24) is 20.3 Å². The average molecular weight is 259 g/mol. The number of carbonyl (C=O) groups excluding carboxylic acids is 1. The Balaban J connectivity index is 1.82. The molecule has 0 aliphatic carbocycles. The molecule has 1 fully saturated rings. The molecule has 1 aromatic carbocycles. The van der Waals surface area contributed by atoms with Gasteiger partial charge in [0.25, 0.3) is 5.91 Å². The Labute approximate surface area is 111 Å². The van der Waals surface area contributed by atoms with E-state index in [4.69, 9.17) is 5.73 Å². The van der Waals surface area contributed by atoms with Crippen molar-refractivity contribution in [3.63, 3.8) is 0 Å². The summed E-state index contributed by atoms with van der Waals surface area (Å²) in [6, 6.07) is 5.62. The number of amides is 1. The number of hydrogen-bond acceptors (Lipinski definition) is 4. The van der Waals surface area contributed by atoms with Crippen molar-refractivity contribution in [2.75, 3.05) is 13.1 Å². The fourth-order valence-corrected chi connectivity index (χ4v) is 2.48. The number of hydrogen-bond donors (Lipinski definition) is 2. The highest BCUT2D eigenvalue weighted by molar-refractivity contribution is 5.97. The smallest absolute Gasteiger partial charge is 0.253 e. The Bertz CT molecular complexity index is 593. The Morgan fingerprint density at radius 2 is 2.11 bits per heavy atom. The number of aromatic nitrogens is 3. The number of H-pyrrole nitrogens is 1. The molecule has 1 aliphatic rings. The van der Waals surface area contributed by atoms with E-state index in [0.29, 0.717) is 5.56 Å². The zero-order valence-electron chi connectivity index (χ0n) is 10.7. The van der Waals surface area contributed by atoms with Gasteiger partial charge in [-0.1, -0.05) is 0 Å². The lowest BCUT2D eigenvalue weighted by atomic mass is 10.1. The van der Waals surface area contributed by atoms with Crippen LogP contribution in [0, 0.1) is 0 Å². The standard InChI is InChI=1S/C13H17N5O/c14-10-2-1-6-18(7-5-10)13(19)9-3-4-11-12(8-9)16-17-15-11/h3-4,8,10H,1-2,5-7,14H2,(H,15,16,17). The molecule has 100 valence electrons. The predicted molar refractivity (Wildman–Crippen MR) is 71.6 cm³/mol. The van der Waals surface area contributed by atoms with Crippen LogP contribution in [0.5, 0.6) is 0 Å². The van der Waals surface area contributed by atoms with Gasteiger partial charge in [0.2, 0.25) is 0 Å². The summed E-state index contributed by atoms with van der Waals surface area (Å²) in [6.45, 7) is 1.51. The summed E-state index contributed by atoms with van der Waals surface area (Å²) in [5.41, 5.74) is 8.09. The van der Waals surface area contributed by atoms with Crippen molar-refractivity contribution in [3.05, 3.63) is 23.8 Å². The molecule has 2 aromatic rings. The van der Waals surface area contributed by atoms with Gasteiger partial charge >= 0.3 is 0 Å². The molecule has 6 heteroatoms. The summed E-state index contributed by atoms with van der Waals surface area (Å²) in [6.07, 6.45) is 2.84. The van der Waals surface area contributed by atoms with Crippen molar-refractivity contribution in [3.8, 4) is 0 Å². The first-order chi connectivity index (χ1) is 9.24. The van der Waals surface area contributed by atoms with E-state index in [2.05, 4.69) is 15.4 Å². The van der Waals surface area contributed by atoms with Crippen LogP contribution in [-0.4, -0.2) is 45.3 Å². The summed E-state index contributed by atoms with van der Waals surface area (Å²) in [5, 5.41) is 10.5.